The van der Waals surface area contributed by atoms with Gasteiger partial charge in [0.1, 0.15) is 11.6 Å². The first kappa shape index (κ1) is 20.8. The first-order valence-corrected chi connectivity index (χ1v) is 10.2. The molecule has 6 heteroatoms. The molecule has 2 aliphatic heterocycles. The summed E-state index contributed by atoms with van der Waals surface area (Å²) in [5.41, 5.74) is 0.501. The molecule has 6 nitrogen and oxygen atoms in total. The fraction of sp³-hybridized carbons (Fsp3) is 0.636. The zero-order valence-corrected chi connectivity index (χ0v) is 17.1. The SMILES string of the molecule is CC(C)(C)OC(=O)[C@@H]1CC[C@@H]2CC[C@H](CO)[C@H](NCc3ccccc3)C(=O)N21. The summed E-state index contributed by atoms with van der Waals surface area (Å²) >= 11 is 0. The van der Waals surface area contributed by atoms with Crippen LogP contribution in [0.3, 0.4) is 0 Å². The van der Waals surface area contributed by atoms with E-state index in [9.17, 15) is 14.7 Å². The fourth-order valence-electron chi connectivity index (χ4n) is 4.31. The Labute approximate surface area is 167 Å². The number of nitrogens with one attached hydrogen (secondary N) is 1. The van der Waals surface area contributed by atoms with Crippen LogP contribution in [0.1, 0.15) is 52.0 Å². The molecule has 2 saturated heterocycles. The van der Waals surface area contributed by atoms with Gasteiger partial charge in [-0.25, -0.2) is 4.79 Å². The van der Waals surface area contributed by atoms with E-state index in [0.29, 0.717) is 13.0 Å². The Bertz CT molecular complexity index is 686. The maximum absolute atomic E-state index is 13.4. The van der Waals surface area contributed by atoms with Gasteiger partial charge in [0.2, 0.25) is 5.91 Å². The van der Waals surface area contributed by atoms with Crippen LogP contribution in [-0.4, -0.2) is 52.2 Å². The Morgan fingerprint density at radius 3 is 2.50 bits per heavy atom. The second-order valence-electron chi connectivity index (χ2n) is 8.89. The van der Waals surface area contributed by atoms with E-state index in [2.05, 4.69) is 5.32 Å². The maximum atomic E-state index is 13.4. The standard InChI is InChI=1S/C22H32N2O4/c1-22(2,3)28-21(27)18-12-11-17-10-9-16(14-25)19(20(26)24(17)18)23-13-15-7-5-4-6-8-15/h4-8,16-19,23,25H,9-14H2,1-3H3/t16-,17+,18+,19+/m1/s1. The summed E-state index contributed by atoms with van der Waals surface area (Å²) in [6.45, 7) is 6.02. The Kier molecular flexibility index (Phi) is 6.40. The molecule has 0 spiro atoms. The molecule has 0 aromatic heterocycles. The number of aliphatic hydroxyl groups excluding tert-OH is 1. The fourth-order valence-corrected chi connectivity index (χ4v) is 4.31. The third kappa shape index (κ3) is 4.73. The van der Waals surface area contributed by atoms with Gasteiger partial charge in [-0.2, -0.15) is 0 Å². The lowest BCUT2D eigenvalue weighted by molar-refractivity contribution is -0.164. The predicted octanol–water partition coefficient (Wildman–Crippen LogP) is 2.25. The average Bonchev–Trinajstić information content (AvgIpc) is 3.02. The average molecular weight is 389 g/mol. The molecule has 1 amide bonds. The van der Waals surface area contributed by atoms with Gasteiger partial charge in [-0.3, -0.25) is 4.79 Å². The topological polar surface area (TPSA) is 78.9 Å². The molecule has 0 saturated carbocycles. The number of ether oxygens (including phenoxy) is 1. The molecule has 0 bridgehead atoms. The van der Waals surface area contributed by atoms with E-state index in [4.69, 9.17) is 4.74 Å². The minimum absolute atomic E-state index is 0.0441. The van der Waals surface area contributed by atoms with Crippen LogP contribution in [0.4, 0.5) is 0 Å². The molecule has 0 radical (unpaired) electrons. The summed E-state index contributed by atoms with van der Waals surface area (Å²) < 4.78 is 5.57. The van der Waals surface area contributed by atoms with Gasteiger partial charge in [-0.05, 0) is 52.0 Å². The number of nitrogens with zero attached hydrogens (tertiary/aromatic N) is 1. The van der Waals surface area contributed by atoms with Crippen molar-refractivity contribution in [3.8, 4) is 0 Å². The Balaban J connectivity index is 1.77. The number of carbonyl (C=O) groups excluding carboxylic acids is 2. The normalized spacial score (nSPS) is 28.0. The van der Waals surface area contributed by atoms with Crippen molar-refractivity contribution < 1.29 is 19.4 Å². The van der Waals surface area contributed by atoms with Crippen molar-refractivity contribution in [2.75, 3.05) is 6.61 Å². The lowest BCUT2D eigenvalue weighted by atomic mass is 9.94. The second-order valence-corrected chi connectivity index (χ2v) is 8.89. The van der Waals surface area contributed by atoms with E-state index in [0.717, 1.165) is 24.8 Å². The van der Waals surface area contributed by atoms with Gasteiger partial charge < -0.3 is 20.1 Å². The van der Waals surface area contributed by atoms with Crippen LogP contribution in [0.5, 0.6) is 0 Å². The van der Waals surface area contributed by atoms with Gasteiger partial charge >= 0.3 is 5.97 Å². The highest BCUT2D eigenvalue weighted by molar-refractivity contribution is 5.89. The molecule has 0 unspecified atom stereocenters. The van der Waals surface area contributed by atoms with Gasteiger partial charge in [-0.1, -0.05) is 30.3 Å². The molecule has 2 fully saturated rings. The number of amides is 1. The van der Waals surface area contributed by atoms with E-state index in [1.54, 1.807) is 4.90 Å². The second kappa shape index (κ2) is 8.62. The number of esters is 1. The molecule has 2 heterocycles. The monoisotopic (exact) mass is 388 g/mol. The number of aliphatic hydroxyl groups is 1. The summed E-state index contributed by atoms with van der Waals surface area (Å²) in [7, 11) is 0. The van der Waals surface area contributed by atoms with E-state index < -0.39 is 17.7 Å². The molecule has 154 valence electrons. The van der Waals surface area contributed by atoms with Crippen molar-refractivity contribution in [3.05, 3.63) is 35.9 Å². The van der Waals surface area contributed by atoms with Crippen LogP contribution in [0, 0.1) is 5.92 Å². The smallest absolute Gasteiger partial charge is 0.329 e. The molecule has 4 atom stereocenters. The number of hydrogen-bond donors (Lipinski definition) is 2. The molecule has 2 aliphatic rings. The minimum atomic E-state index is -0.581. The predicted molar refractivity (Wildman–Crippen MR) is 106 cm³/mol. The van der Waals surface area contributed by atoms with Crippen molar-refractivity contribution in [3.63, 3.8) is 0 Å². The molecular formula is C22H32N2O4. The maximum Gasteiger partial charge on any atom is 0.329 e. The van der Waals surface area contributed by atoms with Crippen molar-refractivity contribution >= 4 is 11.9 Å². The van der Waals surface area contributed by atoms with Gasteiger partial charge in [0, 0.05) is 25.1 Å². The van der Waals surface area contributed by atoms with Crippen molar-refractivity contribution in [2.45, 2.75) is 76.7 Å². The van der Waals surface area contributed by atoms with Crippen LogP contribution < -0.4 is 5.32 Å². The van der Waals surface area contributed by atoms with E-state index in [1.165, 1.54) is 0 Å². The Morgan fingerprint density at radius 2 is 1.86 bits per heavy atom. The van der Waals surface area contributed by atoms with Crippen molar-refractivity contribution in [2.24, 2.45) is 5.92 Å². The van der Waals surface area contributed by atoms with Crippen LogP contribution in [0.2, 0.25) is 0 Å². The highest BCUT2D eigenvalue weighted by atomic mass is 16.6. The number of carbonyl (C=O) groups is 2. The molecule has 1 aromatic carbocycles. The lowest BCUT2D eigenvalue weighted by Crippen LogP contribution is -2.54. The first-order valence-electron chi connectivity index (χ1n) is 10.2. The molecular weight excluding hydrogens is 356 g/mol. The summed E-state index contributed by atoms with van der Waals surface area (Å²) in [6, 6.07) is 8.90. The summed E-state index contributed by atoms with van der Waals surface area (Å²) in [6.07, 6.45) is 3.01. The highest BCUT2D eigenvalue weighted by Gasteiger charge is 2.47. The van der Waals surface area contributed by atoms with Crippen molar-refractivity contribution in [1.29, 1.82) is 0 Å². The van der Waals surface area contributed by atoms with E-state index >= 15 is 0 Å². The largest absolute Gasteiger partial charge is 0.458 e. The summed E-state index contributed by atoms with van der Waals surface area (Å²) in [5, 5.41) is 13.2. The third-order valence-corrected chi connectivity index (χ3v) is 5.65. The van der Waals surface area contributed by atoms with Gasteiger partial charge in [0.05, 0.1) is 6.04 Å². The number of hydrogen-bond acceptors (Lipinski definition) is 5. The summed E-state index contributed by atoms with van der Waals surface area (Å²) in [5.74, 6) is -0.570. The number of benzene rings is 1. The quantitative estimate of drug-likeness (QED) is 0.757. The third-order valence-electron chi connectivity index (χ3n) is 5.65. The number of fused-ring (bicyclic) bond motifs is 1. The van der Waals surface area contributed by atoms with Gasteiger partial charge in [-0.15, -0.1) is 0 Å². The minimum Gasteiger partial charge on any atom is -0.458 e. The zero-order valence-electron chi connectivity index (χ0n) is 17.1. The van der Waals surface area contributed by atoms with E-state index in [1.807, 2.05) is 51.1 Å². The van der Waals surface area contributed by atoms with Gasteiger partial charge in [0.25, 0.3) is 0 Å². The molecule has 1 aromatic rings. The van der Waals surface area contributed by atoms with Crippen LogP contribution in [0.25, 0.3) is 0 Å². The highest BCUT2D eigenvalue weighted by Crippen LogP contribution is 2.35. The molecule has 0 aliphatic carbocycles. The van der Waals surface area contributed by atoms with Gasteiger partial charge in [0.15, 0.2) is 0 Å². The molecule has 3 rings (SSSR count). The summed E-state index contributed by atoms with van der Waals surface area (Å²) in [4.78, 5) is 27.9. The molecule has 2 N–H and O–H groups in total. The Morgan fingerprint density at radius 1 is 1.18 bits per heavy atom. The zero-order chi connectivity index (χ0) is 20.3. The van der Waals surface area contributed by atoms with Crippen molar-refractivity contribution in [1.82, 2.24) is 10.2 Å². The molecule has 28 heavy (non-hydrogen) atoms. The van der Waals surface area contributed by atoms with E-state index in [-0.39, 0.29) is 30.4 Å². The van der Waals surface area contributed by atoms with Crippen LogP contribution in [-0.2, 0) is 20.9 Å². The Hall–Kier alpha value is -1.92. The lowest BCUT2D eigenvalue weighted by Gasteiger charge is -2.33. The van der Waals surface area contributed by atoms with Crippen LogP contribution in [0.15, 0.2) is 30.3 Å². The first-order chi connectivity index (χ1) is 13.3. The number of rotatable bonds is 5. The van der Waals surface area contributed by atoms with Crippen LogP contribution >= 0.6 is 0 Å².